The van der Waals surface area contributed by atoms with Crippen LogP contribution in [0.2, 0.25) is 0 Å². The van der Waals surface area contributed by atoms with Crippen molar-refractivity contribution in [2.45, 2.75) is 19.3 Å². The van der Waals surface area contributed by atoms with Gasteiger partial charge in [-0.15, -0.1) is 0 Å². The predicted molar refractivity (Wildman–Crippen MR) is 190 cm³/mol. The molecule has 0 aliphatic rings. The molecule has 5 aromatic carbocycles. The average molecular weight is 593 g/mol. The van der Waals surface area contributed by atoms with Gasteiger partial charge in [0.25, 0.3) is 0 Å². The number of benzene rings is 5. The Hall–Kier alpha value is -5.80. The van der Waals surface area contributed by atoms with Gasteiger partial charge >= 0.3 is 0 Å². The minimum atomic E-state index is -0.513. The lowest BCUT2D eigenvalue weighted by Gasteiger charge is -2.28. The lowest BCUT2D eigenvalue weighted by Crippen LogP contribution is -2.24. The number of furan rings is 1. The van der Waals surface area contributed by atoms with Crippen molar-refractivity contribution in [2.24, 2.45) is 0 Å². The second kappa shape index (κ2) is 11.3. The van der Waals surface area contributed by atoms with Gasteiger partial charge in [0, 0.05) is 32.9 Å². The van der Waals surface area contributed by atoms with Crippen LogP contribution >= 0.6 is 0 Å². The van der Waals surface area contributed by atoms with E-state index in [9.17, 15) is 0 Å². The second-order valence-electron chi connectivity index (χ2n) is 12.2. The highest BCUT2D eigenvalue weighted by atomic mass is 16.3. The zero-order chi connectivity index (χ0) is 31.1. The molecule has 0 radical (unpaired) electrons. The normalized spacial score (nSPS) is 11.7. The molecule has 0 bridgehead atoms. The average Bonchev–Trinajstić information content (AvgIpc) is 3.50. The van der Waals surface area contributed by atoms with Crippen LogP contribution < -0.4 is 0 Å². The second-order valence-corrected chi connectivity index (χ2v) is 12.2. The third kappa shape index (κ3) is 4.87. The molecule has 0 spiro atoms. The fourth-order valence-electron chi connectivity index (χ4n) is 6.46. The van der Waals surface area contributed by atoms with E-state index >= 15 is 0 Å². The molecule has 0 unspecified atom stereocenters. The topological polar surface area (TPSA) is 38.9 Å². The number of hydrogen-bond donors (Lipinski definition) is 0. The number of para-hydroxylation sites is 1. The Morgan fingerprint density at radius 1 is 0.435 bits per heavy atom. The monoisotopic (exact) mass is 592 g/mol. The molecule has 8 aromatic rings. The first-order chi connectivity index (χ1) is 22.6. The first kappa shape index (κ1) is 27.7. The van der Waals surface area contributed by atoms with Crippen LogP contribution in [0.5, 0.6) is 0 Å². The summed E-state index contributed by atoms with van der Waals surface area (Å²) in [5.74, 6) is 0. The maximum absolute atomic E-state index is 6.29. The van der Waals surface area contributed by atoms with E-state index in [4.69, 9.17) is 14.4 Å². The van der Waals surface area contributed by atoms with Gasteiger partial charge < -0.3 is 4.42 Å². The first-order valence-corrected chi connectivity index (χ1v) is 15.7. The Bertz CT molecular complexity index is 2340. The molecule has 0 aliphatic carbocycles. The summed E-state index contributed by atoms with van der Waals surface area (Å²) in [5, 5.41) is 2.25. The van der Waals surface area contributed by atoms with Gasteiger partial charge in [-0.3, -0.25) is 9.97 Å². The van der Waals surface area contributed by atoms with Crippen molar-refractivity contribution in [2.75, 3.05) is 0 Å². The summed E-state index contributed by atoms with van der Waals surface area (Å²) in [7, 11) is 0. The van der Waals surface area contributed by atoms with Crippen LogP contribution in [0.15, 0.2) is 162 Å². The van der Waals surface area contributed by atoms with E-state index < -0.39 is 5.41 Å². The minimum absolute atomic E-state index is 0.513. The Morgan fingerprint density at radius 2 is 1.07 bits per heavy atom. The molecule has 0 amide bonds. The van der Waals surface area contributed by atoms with Crippen molar-refractivity contribution >= 4 is 21.9 Å². The van der Waals surface area contributed by atoms with Crippen molar-refractivity contribution in [3.05, 3.63) is 169 Å². The molecule has 3 nitrogen and oxygen atoms in total. The van der Waals surface area contributed by atoms with Gasteiger partial charge in [-0.25, -0.2) is 0 Å². The van der Waals surface area contributed by atoms with E-state index in [-0.39, 0.29) is 0 Å². The van der Waals surface area contributed by atoms with E-state index in [0.717, 1.165) is 78.1 Å². The molecule has 3 heterocycles. The molecule has 3 heteroatoms. The highest BCUT2D eigenvalue weighted by Gasteiger charge is 2.31. The molecular formula is C43H32N2O. The Morgan fingerprint density at radius 3 is 1.83 bits per heavy atom. The predicted octanol–water partition coefficient (Wildman–Crippen LogP) is 11.4. The van der Waals surface area contributed by atoms with Crippen molar-refractivity contribution in [1.29, 1.82) is 0 Å². The van der Waals surface area contributed by atoms with Crippen molar-refractivity contribution in [1.82, 2.24) is 9.97 Å². The molecule has 8 rings (SSSR count). The van der Waals surface area contributed by atoms with Crippen LogP contribution in [0.4, 0.5) is 0 Å². The van der Waals surface area contributed by atoms with Gasteiger partial charge in [-0.2, -0.15) is 0 Å². The number of rotatable bonds is 6. The van der Waals surface area contributed by atoms with Crippen LogP contribution in [0.1, 0.15) is 25.2 Å². The zero-order valence-electron chi connectivity index (χ0n) is 25.8. The van der Waals surface area contributed by atoms with Gasteiger partial charge in [0.15, 0.2) is 0 Å². The van der Waals surface area contributed by atoms with Crippen LogP contribution in [-0.2, 0) is 5.41 Å². The van der Waals surface area contributed by atoms with E-state index in [0.29, 0.717) is 0 Å². The minimum Gasteiger partial charge on any atom is -0.456 e. The lowest BCUT2D eigenvalue weighted by molar-refractivity contribution is 0.599. The molecule has 3 aromatic heterocycles. The third-order valence-corrected chi connectivity index (χ3v) is 8.92. The summed E-state index contributed by atoms with van der Waals surface area (Å²) >= 11 is 0. The summed E-state index contributed by atoms with van der Waals surface area (Å²) in [5.41, 5.74) is 11.7. The molecular weight excluding hydrogens is 560 g/mol. The van der Waals surface area contributed by atoms with Crippen molar-refractivity contribution in [3.63, 3.8) is 0 Å². The summed E-state index contributed by atoms with van der Waals surface area (Å²) in [4.78, 5) is 10.6. The molecule has 46 heavy (non-hydrogen) atoms. The molecule has 0 N–H and O–H groups in total. The van der Waals surface area contributed by atoms with Crippen LogP contribution in [0, 0.1) is 0 Å². The largest absolute Gasteiger partial charge is 0.456 e. The number of aromatic nitrogens is 2. The van der Waals surface area contributed by atoms with Crippen molar-refractivity contribution in [3.8, 4) is 44.8 Å². The van der Waals surface area contributed by atoms with E-state index in [1.807, 2.05) is 24.3 Å². The summed E-state index contributed by atoms with van der Waals surface area (Å²) < 4.78 is 6.29. The quantitative estimate of drug-likeness (QED) is 0.193. The van der Waals surface area contributed by atoms with Crippen molar-refractivity contribution < 1.29 is 4.42 Å². The molecule has 0 aliphatic heterocycles. The van der Waals surface area contributed by atoms with Gasteiger partial charge in [-0.05, 0) is 66.9 Å². The molecule has 0 saturated carbocycles. The SMILES string of the molecule is CC(C)(c1cccc(-c2ccccc2)n1)c1nc(-c2ccccc2)ccc1-c1ccccc1-c1ccc2c(c1)oc1ccccc12. The van der Waals surface area contributed by atoms with Gasteiger partial charge in [-0.1, -0.05) is 121 Å². The number of hydrogen-bond acceptors (Lipinski definition) is 3. The maximum atomic E-state index is 6.29. The summed E-state index contributed by atoms with van der Waals surface area (Å²) in [6, 6.07) is 54.7. The molecule has 0 atom stereocenters. The van der Waals surface area contributed by atoms with E-state index in [1.165, 1.54) is 0 Å². The van der Waals surface area contributed by atoms with Gasteiger partial charge in [0.05, 0.1) is 22.8 Å². The molecule has 0 saturated heterocycles. The van der Waals surface area contributed by atoms with E-state index in [2.05, 4.69) is 147 Å². The van der Waals surface area contributed by atoms with Gasteiger partial charge in [0.1, 0.15) is 11.2 Å². The van der Waals surface area contributed by atoms with Gasteiger partial charge in [0.2, 0.25) is 0 Å². The summed E-state index contributed by atoms with van der Waals surface area (Å²) in [6.45, 7) is 4.46. The summed E-state index contributed by atoms with van der Waals surface area (Å²) in [6.07, 6.45) is 0. The fourth-order valence-corrected chi connectivity index (χ4v) is 6.46. The van der Waals surface area contributed by atoms with Crippen LogP contribution in [-0.4, -0.2) is 9.97 Å². The number of fused-ring (bicyclic) bond motifs is 3. The Balaban J connectivity index is 1.31. The third-order valence-electron chi connectivity index (χ3n) is 8.92. The Labute approximate surface area is 268 Å². The fraction of sp³-hybridized carbons (Fsp3) is 0.0698. The standard InChI is InChI=1S/C43H32N2O/c1-43(2,41-23-13-21-37(44-41)29-14-5-3-6-15-29)42-36(26-27-38(45-42)30-16-7-4-8-17-30)33-19-10-9-18-32(33)31-24-25-35-34-20-11-12-22-39(34)46-40(35)28-31/h3-28H,1-2H3. The lowest BCUT2D eigenvalue weighted by atomic mass is 9.79. The highest BCUT2D eigenvalue weighted by molar-refractivity contribution is 6.06. The number of nitrogens with zero attached hydrogens (tertiary/aromatic N) is 2. The maximum Gasteiger partial charge on any atom is 0.136 e. The first-order valence-electron chi connectivity index (χ1n) is 15.7. The van der Waals surface area contributed by atoms with Crippen LogP contribution in [0.3, 0.4) is 0 Å². The smallest absolute Gasteiger partial charge is 0.136 e. The Kier molecular flexibility index (Phi) is 6.80. The zero-order valence-corrected chi connectivity index (χ0v) is 25.8. The number of pyridine rings is 2. The van der Waals surface area contributed by atoms with Crippen LogP contribution in [0.25, 0.3) is 66.7 Å². The van der Waals surface area contributed by atoms with E-state index in [1.54, 1.807) is 0 Å². The molecule has 0 fully saturated rings. The molecule has 220 valence electrons. The highest BCUT2D eigenvalue weighted by Crippen LogP contribution is 2.42.